The topological polar surface area (TPSA) is 44.0 Å². The number of hydrogen-bond acceptors (Lipinski definition) is 2. The summed E-state index contributed by atoms with van der Waals surface area (Å²) in [5.74, 6) is -0.461. The first-order valence-corrected chi connectivity index (χ1v) is 10.7. The van der Waals surface area contributed by atoms with Gasteiger partial charge in [-0.3, -0.25) is 9.59 Å². The lowest BCUT2D eigenvalue weighted by Gasteiger charge is -2.17. The van der Waals surface area contributed by atoms with Crippen LogP contribution in [0.15, 0.2) is 88.5 Å². The van der Waals surface area contributed by atoms with Gasteiger partial charge in [-0.15, -0.1) is 0 Å². The van der Waals surface area contributed by atoms with Crippen molar-refractivity contribution in [3.8, 4) is 11.1 Å². The second-order valence-electron chi connectivity index (χ2n) is 8.40. The molecule has 5 heteroatoms. The van der Waals surface area contributed by atoms with E-state index in [9.17, 15) is 14.0 Å². The van der Waals surface area contributed by atoms with Crippen molar-refractivity contribution in [1.82, 2.24) is 9.13 Å². The van der Waals surface area contributed by atoms with Crippen molar-refractivity contribution < 1.29 is 4.39 Å². The van der Waals surface area contributed by atoms with Crippen molar-refractivity contribution in [2.45, 2.75) is 0 Å². The SMILES string of the molecule is Cn1c2ccccc2c(=O)c2cc3c(cc21)c(=O)c1cc(F)cc(-c2ccccc2)c1n3C. The maximum atomic E-state index is 14.6. The number of nitrogens with zero attached hydrogens (tertiary/aromatic N) is 2. The molecule has 0 aliphatic heterocycles. The van der Waals surface area contributed by atoms with Gasteiger partial charge in [-0.25, -0.2) is 4.39 Å². The van der Waals surface area contributed by atoms with E-state index in [1.54, 1.807) is 12.1 Å². The number of benzene rings is 4. The standard InChI is InChI=1S/C28H19FN2O2/c1-30-23-11-7-6-10-18(23)27(32)20-15-25-21(14-24(20)30)28(33)22-13-17(29)12-19(26(22)31(25)2)16-8-4-3-5-9-16/h3-15H,1-2H3. The molecule has 0 unspecified atom stereocenters. The molecule has 4 nitrogen and oxygen atoms in total. The summed E-state index contributed by atoms with van der Waals surface area (Å²) in [6, 6.07) is 23.2. The second kappa shape index (κ2) is 6.87. The highest BCUT2D eigenvalue weighted by Crippen LogP contribution is 2.31. The third-order valence-corrected chi connectivity index (χ3v) is 6.58. The Morgan fingerprint density at radius 1 is 0.606 bits per heavy atom. The Morgan fingerprint density at radius 3 is 1.94 bits per heavy atom. The van der Waals surface area contributed by atoms with Crippen LogP contribution in [0, 0.1) is 5.82 Å². The van der Waals surface area contributed by atoms with Gasteiger partial charge in [-0.05, 0) is 42.0 Å². The van der Waals surface area contributed by atoms with Crippen LogP contribution in [0.3, 0.4) is 0 Å². The molecule has 0 radical (unpaired) electrons. The number of hydrogen-bond donors (Lipinski definition) is 0. The smallest absolute Gasteiger partial charge is 0.197 e. The maximum Gasteiger partial charge on any atom is 0.197 e. The molecule has 2 aromatic heterocycles. The van der Waals surface area contributed by atoms with E-state index in [2.05, 4.69) is 0 Å². The molecule has 6 aromatic rings. The Hall–Kier alpha value is -4.25. The summed E-state index contributed by atoms with van der Waals surface area (Å²) >= 11 is 0. The average molecular weight is 434 g/mol. The van der Waals surface area contributed by atoms with Crippen molar-refractivity contribution >= 4 is 43.6 Å². The Bertz CT molecular complexity index is 1880. The van der Waals surface area contributed by atoms with Gasteiger partial charge in [0.1, 0.15) is 5.82 Å². The Morgan fingerprint density at radius 2 is 1.21 bits per heavy atom. The van der Waals surface area contributed by atoms with Crippen LogP contribution in [0.2, 0.25) is 0 Å². The fraction of sp³-hybridized carbons (Fsp3) is 0.0714. The number of pyridine rings is 2. The van der Waals surface area contributed by atoms with Gasteiger partial charge in [0.2, 0.25) is 0 Å². The van der Waals surface area contributed by atoms with E-state index in [1.165, 1.54) is 12.1 Å². The Kier molecular flexibility index (Phi) is 4.05. The minimum absolute atomic E-state index is 0.0736. The van der Waals surface area contributed by atoms with E-state index in [0.29, 0.717) is 43.7 Å². The highest BCUT2D eigenvalue weighted by Gasteiger charge is 2.18. The van der Waals surface area contributed by atoms with Crippen LogP contribution in [0.25, 0.3) is 54.7 Å². The lowest BCUT2D eigenvalue weighted by molar-refractivity contribution is 0.630. The fourth-order valence-corrected chi connectivity index (χ4v) is 4.97. The lowest BCUT2D eigenvalue weighted by atomic mass is 9.99. The molecule has 0 atom stereocenters. The minimum atomic E-state index is -0.461. The molecule has 0 saturated heterocycles. The molecule has 0 fully saturated rings. The van der Waals surface area contributed by atoms with Crippen LogP contribution in [-0.2, 0) is 14.1 Å². The van der Waals surface area contributed by atoms with Crippen molar-refractivity contribution in [3.05, 3.63) is 105 Å². The van der Waals surface area contributed by atoms with Gasteiger partial charge in [0.15, 0.2) is 10.9 Å². The lowest BCUT2D eigenvalue weighted by Crippen LogP contribution is -2.14. The summed E-state index contributed by atoms with van der Waals surface area (Å²) in [6.07, 6.45) is 0. The van der Waals surface area contributed by atoms with Crippen molar-refractivity contribution in [2.24, 2.45) is 14.1 Å². The van der Waals surface area contributed by atoms with Crippen LogP contribution < -0.4 is 10.9 Å². The molecule has 33 heavy (non-hydrogen) atoms. The first-order chi connectivity index (χ1) is 16.0. The molecular formula is C28H19FN2O2. The number of para-hydroxylation sites is 1. The summed E-state index contributed by atoms with van der Waals surface area (Å²) in [5, 5.41) is 1.94. The highest BCUT2D eigenvalue weighted by molar-refractivity contribution is 6.06. The molecule has 0 aliphatic carbocycles. The van der Waals surface area contributed by atoms with Crippen LogP contribution in [-0.4, -0.2) is 9.13 Å². The van der Waals surface area contributed by atoms with Crippen LogP contribution in [0.1, 0.15) is 0 Å². The molecule has 6 rings (SSSR count). The van der Waals surface area contributed by atoms with Crippen LogP contribution in [0.5, 0.6) is 0 Å². The molecule has 0 bridgehead atoms. The fourth-order valence-electron chi connectivity index (χ4n) is 4.97. The van der Waals surface area contributed by atoms with Crippen molar-refractivity contribution in [3.63, 3.8) is 0 Å². The monoisotopic (exact) mass is 434 g/mol. The van der Waals surface area contributed by atoms with E-state index >= 15 is 0 Å². The van der Waals surface area contributed by atoms with Gasteiger partial charge < -0.3 is 9.13 Å². The molecule has 4 aromatic carbocycles. The van der Waals surface area contributed by atoms with Gasteiger partial charge in [0, 0.05) is 41.2 Å². The molecule has 0 spiro atoms. The third-order valence-electron chi connectivity index (χ3n) is 6.58. The van der Waals surface area contributed by atoms with Crippen molar-refractivity contribution in [2.75, 3.05) is 0 Å². The zero-order valence-electron chi connectivity index (χ0n) is 18.1. The summed E-state index contributed by atoms with van der Waals surface area (Å²) in [5.41, 5.74) is 3.87. The normalized spacial score (nSPS) is 11.7. The molecule has 0 amide bonds. The highest BCUT2D eigenvalue weighted by atomic mass is 19.1. The molecule has 0 N–H and O–H groups in total. The van der Waals surface area contributed by atoms with Crippen LogP contribution >= 0.6 is 0 Å². The van der Waals surface area contributed by atoms with E-state index in [4.69, 9.17) is 0 Å². The molecular weight excluding hydrogens is 415 g/mol. The van der Waals surface area contributed by atoms with E-state index in [-0.39, 0.29) is 10.9 Å². The number of aryl methyl sites for hydroxylation is 2. The van der Waals surface area contributed by atoms with E-state index < -0.39 is 5.82 Å². The number of rotatable bonds is 1. The van der Waals surface area contributed by atoms with Gasteiger partial charge in [-0.1, -0.05) is 42.5 Å². The Labute approximate surface area is 187 Å². The summed E-state index contributed by atoms with van der Waals surface area (Å²) in [4.78, 5) is 26.9. The zero-order valence-corrected chi connectivity index (χ0v) is 18.1. The molecule has 160 valence electrons. The number of aromatic nitrogens is 2. The Balaban J connectivity index is 1.85. The summed E-state index contributed by atoms with van der Waals surface area (Å²) < 4.78 is 18.5. The predicted octanol–water partition coefficient (Wildman–Crippen LogP) is 5.50. The maximum absolute atomic E-state index is 14.6. The van der Waals surface area contributed by atoms with Gasteiger partial charge in [-0.2, -0.15) is 0 Å². The molecule has 0 aliphatic rings. The van der Waals surface area contributed by atoms with Gasteiger partial charge in [0.05, 0.1) is 22.1 Å². The molecule has 2 heterocycles. The van der Waals surface area contributed by atoms with E-state index in [0.717, 1.165) is 11.1 Å². The van der Waals surface area contributed by atoms with Gasteiger partial charge >= 0.3 is 0 Å². The quantitative estimate of drug-likeness (QED) is 0.321. The minimum Gasteiger partial charge on any atom is -0.343 e. The van der Waals surface area contributed by atoms with Gasteiger partial charge in [0.25, 0.3) is 0 Å². The zero-order chi connectivity index (χ0) is 22.9. The average Bonchev–Trinajstić information content (AvgIpc) is 2.85. The first-order valence-electron chi connectivity index (χ1n) is 10.7. The van der Waals surface area contributed by atoms with Crippen molar-refractivity contribution in [1.29, 1.82) is 0 Å². The summed E-state index contributed by atoms with van der Waals surface area (Å²) in [6.45, 7) is 0. The predicted molar refractivity (Wildman–Crippen MR) is 132 cm³/mol. The third kappa shape index (κ3) is 2.69. The number of halogens is 1. The second-order valence-corrected chi connectivity index (χ2v) is 8.40. The number of fused-ring (bicyclic) bond motifs is 4. The largest absolute Gasteiger partial charge is 0.343 e. The molecule has 0 saturated carbocycles. The van der Waals surface area contributed by atoms with E-state index in [1.807, 2.05) is 77.8 Å². The van der Waals surface area contributed by atoms with Crippen LogP contribution in [0.4, 0.5) is 4.39 Å². The first kappa shape index (κ1) is 19.4. The summed E-state index contributed by atoms with van der Waals surface area (Å²) in [7, 11) is 3.74.